The molecule has 62 heavy (non-hydrogen) atoms. The fourth-order valence-corrected chi connectivity index (χ4v) is 8.15. The van der Waals surface area contributed by atoms with E-state index in [0.717, 1.165) is 11.1 Å². The van der Waals surface area contributed by atoms with Crippen LogP contribution in [0.1, 0.15) is 34.7 Å². The number of carbonyl (C=O) groups is 2. The maximum Gasteiger partial charge on any atom is 0.425 e. The monoisotopic (exact) mass is 862 g/mol. The molecule has 4 atom stereocenters. The van der Waals surface area contributed by atoms with Crippen LogP contribution >= 0.6 is 23.2 Å². The number of hydrogen-bond acceptors (Lipinski definition) is 10. The molecule has 306 valence electrons. The highest BCUT2D eigenvalue weighted by Gasteiger charge is 2.63. The number of imidazole rings is 2. The number of rotatable bonds is 12. The molecule has 14 heteroatoms. The molecule has 2 aromatic heterocycles. The van der Waals surface area contributed by atoms with E-state index < -0.39 is 35.6 Å². The van der Waals surface area contributed by atoms with Gasteiger partial charge in [0.1, 0.15) is 23.0 Å². The van der Waals surface area contributed by atoms with E-state index in [2.05, 4.69) is 9.97 Å². The standard InChI is InChI=1S/C48H32Cl2N4O8/c49-39-17-9-7-15-37(39)47(31-19-23-35(24-20-31)57-33-11-3-1-4-12-33)43(61-47)53-29-27-51-45(53)59-41(55)42(56)60-46-52-28-30-54(46)44-48(62-44,38-16-8-10-18-40(38)50)32-21-25-36(26-22-32)58-34-13-5-2-6-14-34/h1-30,43-44H. The van der Waals surface area contributed by atoms with E-state index in [-0.39, 0.29) is 12.0 Å². The zero-order valence-electron chi connectivity index (χ0n) is 32.3. The minimum atomic E-state index is -1.35. The number of epoxide rings is 2. The van der Waals surface area contributed by atoms with Gasteiger partial charge in [0, 0.05) is 46.0 Å². The summed E-state index contributed by atoms with van der Waals surface area (Å²) >= 11 is 13.5. The molecule has 10 rings (SSSR count). The van der Waals surface area contributed by atoms with E-state index in [9.17, 15) is 9.59 Å². The quantitative estimate of drug-likeness (QED) is 0.0664. The number of ether oxygens (including phenoxy) is 6. The van der Waals surface area contributed by atoms with Crippen LogP contribution in [-0.4, -0.2) is 31.0 Å². The first-order valence-corrected chi connectivity index (χ1v) is 20.1. The maximum atomic E-state index is 13.4. The van der Waals surface area contributed by atoms with Crippen LogP contribution in [0.4, 0.5) is 0 Å². The van der Waals surface area contributed by atoms with Gasteiger partial charge in [0.15, 0.2) is 23.7 Å². The highest BCUT2D eigenvalue weighted by atomic mass is 35.5. The molecular formula is C48H32Cl2N4O8. The Hall–Kier alpha value is -7.22. The lowest BCUT2D eigenvalue weighted by Crippen LogP contribution is -2.28. The summed E-state index contributed by atoms with van der Waals surface area (Å²) in [5.74, 6) is -0.0704. The van der Waals surface area contributed by atoms with Gasteiger partial charge in [0.25, 0.3) is 0 Å². The Balaban J connectivity index is 0.872. The van der Waals surface area contributed by atoms with E-state index in [0.29, 0.717) is 44.2 Å². The number of benzene rings is 6. The summed E-state index contributed by atoms with van der Waals surface area (Å²) in [5.41, 5.74) is 0.633. The second-order valence-electron chi connectivity index (χ2n) is 14.3. The Morgan fingerprint density at radius 1 is 0.484 bits per heavy atom. The smallest absolute Gasteiger partial charge is 0.425 e. The average molecular weight is 864 g/mol. The molecule has 0 aliphatic carbocycles. The van der Waals surface area contributed by atoms with Crippen LogP contribution in [0.2, 0.25) is 10.0 Å². The summed E-state index contributed by atoms with van der Waals surface area (Å²) < 4.78 is 39.1. The highest BCUT2D eigenvalue weighted by molar-refractivity contribution is 6.32. The summed E-state index contributed by atoms with van der Waals surface area (Å²) in [5, 5.41) is 0.925. The maximum absolute atomic E-state index is 13.4. The van der Waals surface area contributed by atoms with Gasteiger partial charge in [-0.3, -0.25) is 9.13 Å². The predicted molar refractivity (Wildman–Crippen MR) is 226 cm³/mol. The largest absolute Gasteiger partial charge is 0.457 e. The number of esters is 2. The molecule has 0 saturated carbocycles. The van der Waals surface area contributed by atoms with Crippen molar-refractivity contribution in [2.75, 3.05) is 0 Å². The third-order valence-electron chi connectivity index (χ3n) is 10.6. The molecular weight excluding hydrogens is 831 g/mol. The fourth-order valence-electron chi connectivity index (χ4n) is 7.59. The van der Waals surface area contributed by atoms with E-state index in [1.807, 2.05) is 146 Å². The molecule has 0 bridgehead atoms. The number of nitrogens with zero attached hydrogens (tertiary/aromatic N) is 4. The lowest BCUT2D eigenvalue weighted by Gasteiger charge is -2.17. The third-order valence-corrected chi connectivity index (χ3v) is 11.2. The van der Waals surface area contributed by atoms with Crippen molar-refractivity contribution in [2.24, 2.45) is 0 Å². The third kappa shape index (κ3) is 7.14. The number of para-hydroxylation sites is 2. The molecule has 2 fully saturated rings. The predicted octanol–water partition coefficient (Wildman–Crippen LogP) is 10.4. The molecule has 0 amide bonds. The van der Waals surface area contributed by atoms with Gasteiger partial charge in [0.05, 0.1) is 0 Å². The van der Waals surface area contributed by atoms with Crippen molar-refractivity contribution in [3.05, 3.63) is 215 Å². The Kier molecular flexibility index (Phi) is 10.0. The molecule has 2 aliphatic heterocycles. The Morgan fingerprint density at radius 2 is 0.839 bits per heavy atom. The number of aromatic nitrogens is 4. The average Bonchev–Trinajstić information content (AvgIpc) is 4.10. The van der Waals surface area contributed by atoms with Crippen molar-refractivity contribution in [3.63, 3.8) is 0 Å². The first kappa shape index (κ1) is 38.9. The summed E-state index contributed by atoms with van der Waals surface area (Å²) in [6.45, 7) is 0. The van der Waals surface area contributed by atoms with Crippen LogP contribution in [0.15, 0.2) is 183 Å². The van der Waals surface area contributed by atoms with Gasteiger partial charge in [-0.1, -0.05) is 120 Å². The van der Waals surface area contributed by atoms with Crippen molar-refractivity contribution in [1.82, 2.24) is 19.1 Å². The Labute approximate surface area is 364 Å². The van der Waals surface area contributed by atoms with Crippen molar-refractivity contribution in [3.8, 4) is 35.0 Å². The second-order valence-corrected chi connectivity index (χ2v) is 15.1. The van der Waals surface area contributed by atoms with E-state index in [4.69, 9.17) is 51.6 Å². The molecule has 8 aromatic rings. The molecule has 0 N–H and O–H groups in total. The van der Waals surface area contributed by atoms with Gasteiger partial charge in [-0.25, -0.2) is 19.6 Å². The molecule has 2 saturated heterocycles. The minimum absolute atomic E-state index is 0.207. The summed E-state index contributed by atoms with van der Waals surface area (Å²) in [6.07, 6.45) is 4.47. The van der Waals surface area contributed by atoms with E-state index in [1.54, 1.807) is 24.5 Å². The number of halogens is 2. The molecule has 4 unspecified atom stereocenters. The molecule has 0 spiro atoms. The molecule has 2 aliphatic rings. The molecule has 0 radical (unpaired) electrons. The van der Waals surface area contributed by atoms with Crippen LogP contribution in [0.25, 0.3) is 0 Å². The molecule has 6 aromatic carbocycles. The van der Waals surface area contributed by atoms with Crippen LogP contribution in [-0.2, 0) is 30.3 Å². The normalized spacial score (nSPS) is 19.9. The summed E-state index contributed by atoms with van der Waals surface area (Å²) in [7, 11) is 0. The van der Waals surface area contributed by atoms with Crippen LogP contribution in [0.3, 0.4) is 0 Å². The summed E-state index contributed by atoms with van der Waals surface area (Å²) in [4.78, 5) is 35.3. The topological polar surface area (TPSA) is 132 Å². The first-order valence-electron chi connectivity index (χ1n) is 19.4. The second kappa shape index (κ2) is 16.0. The Morgan fingerprint density at radius 3 is 1.23 bits per heavy atom. The van der Waals surface area contributed by atoms with Gasteiger partial charge >= 0.3 is 24.0 Å². The number of hydrogen-bond donors (Lipinski definition) is 0. The fraction of sp³-hybridized carbons (Fsp3) is 0.0833. The molecule has 4 heterocycles. The van der Waals surface area contributed by atoms with Crippen LogP contribution < -0.4 is 18.9 Å². The lowest BCUT2D eigenvalue weighted by atomic mass is 9.90. The van der Waals surface area contributed by atoms with E-state index in [1.165, 1.54) is 21.5 Å². The lowest BCUT2D eigenvalue weighted by molar-refractivity contribution is -0.157. The van der Waals surface area contributed by atoms with Crippen molar-refractivity contribution in [1.29, 1.82) is 0 Å². The number of carbonyl (C=O) groups excluding carboxylic acids is 2. The zero-order valence-corrected chi connectivity index (χ0v) is 33.8. The van der Waals surface area contributed by atoms with Gasteiger partial charge in [-0.05, 0) is 71.8 Å². The van der Waals surface area contributed by atoms with Gasteiger partial charge in [0.2, 0.25) is 0 Å². The van der Waals surface area contributed by atoms with Crippen LogP contribution in [0.5, 0.6) is 35.0 Å². The van der Waals surface area contributed by atoms with Crippen molar-refractivity contribution >= 4 is 35.1 Å². The minimum Gasteiger partial charge on any atom is -0.457 e. The van der Waals surface area contributed by atoms with Crippen LogP contribution in [0, 0.1) is 0 Å². The van der Waals surface area contributed by atoms with Crippen molar-refractivity contribution in [2.45, 2.75) is 23.7 Å². The zero-order chi connectivity index (χ0) is 42.3. The molecule has 12 nitrogen and oxygen atoms in total. The van der Waals surface area contributed by atoms with E-state index >= 15 is 0 Å². The van der Waals surface area contributed by atoms with Gasteiger partial charge in [-0.2, -0.15) is 0 Å². The van der Waals surface area contributed by atoms with Crippen molar-refractivity contribution < 1.29 is 38.0 Å². The first-order chi connectivity index (χ1) is 30.3. The highest BCUT2D eigenvalue weighted by Crippen LogP contribution is 2.62. The SMILES string of the molecule is O=C(Oc1nccn1C1OC1(c1ccc(Oc2ccccc2)cc1)c1ccccc1Cl)C(=O)Oc1nccn1C1OC1(c1ccc(Oc2ccccc2)cc1)c1ccccc1Cl. The van der Waals surface area contributed by atoms with Gasteiger partial charge in [-0.15, -0.1) is 0 Å². The Bertz CT molecular complexity index is 2710. The summed E-state index contributed by atoms with van der Waals surface area (Å²) in [6, 6.07) is 47.9. The van der Waals surface area contributed by atoms with Gasteiger partial charge < -0.3 is 28.4 Å².